The summed E-state index contributed by atoms with van der Waals surface area (Å²) < 4.78 is 29.5. The predicted molar refractivity (Wildman–Crippen MR) is 83.1 cm³/mol. The number of sulfonamides is 1. The summed E-state index contributed by atoms with van der Waals surface area (Å²) in [6.45, 7) is 1.61. The molecule has 0 saturated carbocycles. The van der Waals surface area contributed by atoms with Gasteiger partial charge in [-0.3, -0.25) is 4.68 Å². The van der Waals surface area contributed by atoms with Gasteiger partial charge in [-0.2, -0.15) is 5.10 Å². The highest BCUT2D eigenvalue weighted by molar-refractivity contribution is 7.91. The van der Waals surface area contributed by atoms with E-state index >= 15 is 0 Å². The number of aromatic nitrogens is 2. The van der Waals surface area contributed by atoms with Crippen LogP contribution in [0.3, 0.4) is 0 Å². The molecule has 0 aromatic carbocycles. The standard InChI is InChI=1S/C13H18N4O2S2/c1-16-10-12(8-14-16)17-6-2-4-11(9-17)15-21(18,19)13-5-3-7-20-13/h3,5,7-8,10-11,15H,2,4,6,9H2,1H3/t11-/m0/s1. The average molecular weight is 326 g/mol. The lowest BCUT2D eigenvalue weighted by Crippen LogP contribution is -2.47. The highest BCUT2D eigenvalue weighted by Gasteiger charge is 2.26. The van der Waals surface area contributed by atoms with Crippen molar-refractivity contribution in [1.29, 1.82) is 0 Å². The Morgan fingerprint density at radius 3 is 3.00 bits per heavy atom. The molecule has 1 N–H and O–H groups in total. The molecule has 0 radical (unpaired) electrons. The van der Waals surface area contributed by atoms with E-state index in [9.17, 15) is 8.42 Å². The molecule has 114 valence electrons. The molecule has 1 aliphatic heterocycles. The Kier molecular flexibility index (Phi) is 4.01. The van der Waals surface area contributed by atoms with Crippen LogP contribution in [0.4, 0.5) is 5.69 Å². The van der Waals surface area contributed by atoms with Crippen molar-refractivity contribution >= 4 is 27.0 Å². The maximum Gasteiger partial charge on any atom is 0.250 e. The molecular formula is C13H18N4O2S2. The minimum Gasteiger partial charge on any atom is -0.367 e. The third-order valence-electron chi connectivity index (χ3n) is 3.56. The molecule has 0 aliphatic carbocycles. The molecule has 21 heavy (non-hydrogen) atoms. The van der Waals surface area contributed by atoms with Crippen LogP contribution >= 0.6 is 11.3 Å². The van der Waals surface area contributed by atoms with Gasteiger partial charge in [0.25, 0.3) is 0 Å². The first kappa shape index (κ1) is 14.6. The maximum absolute atomic E-state index is 12.3. The van der Waals surface area contributed by atoms with Crippen molar-refractivity contribution in [2.24, 2.45) is 7.05 Å². The van der Waals surface area contributed by atoms with E-state index in [-0.39, 0.29) is 6.04 Å². The number of nitrogens with one attached hydrogen (secondary N) is 1. The van der Waals surface area contributed by atoms with E-state index in [0.29, 0.717) is 10.8 Å². The second-order valence-corrected chi connectivity index (χ2v) is 8.10. The second kappa shape index (κ2) is 5.78. The van der Waals surface area contributed by atoms with Gasteiger partial charge in [-0.1, -0.05) is 6.07 Å². The van der Waals surface area contributed by atoms with Crippen molar-refractivity contribution in [3.8, 4) is 0 Å². The molecule has 1 fully saturated rings. The summed E-state index contributed by atoms with van der Waals surface area (Å²) >= 11 is 1.24. The van der Waals surface area contributed by atoms with E-state index in [1.165, 1.54) is 11.3 Å². The Bertz CT molecular complexity index is 694. The van der Waals surface area contributed by atoms with Gasteiger partial charge in [0.05, 0.1) is 11.9 Å². The molecule has 1 aliphatic rings. The van der Waals surface area contributed by atoms with Gasteiger partial charge in [0.15, 0.2) is 0 Å². The molecule has 6 nitrogen and oxygen atoms in total. The van der Waals surface area contributed by atoms with Crippen LogP contribution in [0.5, 0.6) is 0 Å². The van der Waals surface area contributed by atoms with E-state index in [4.69, 9.17) is 0 Å². The third-order valence-corrected chi connectivity index (χ3v) is 6.48. The molecular weight excluding hydrogens is 308 g/mol. The highest BCUT2D eigenvalue weighted by atomic mass is 32.2. The zero-order valence-corrected chi connectivity index (χ0v) is 13.4. The molecule has 0 spiro atoms. The summed E-state index contributed by atoms with van der Waals surface area (Å²) in [5.41, 5.74) is 1.04. The quantitative estimate of drug-likeness (QED) is 0.923. The normalized spacial score (nSPS) is 19.9. The van der Waals surface area contributed by atoms with Crippen LogP contribution in [0.25, 0.3) is 0 Å². The number of nitrogens with zero attached hydrogens (tertiary/aromatic N) is 3. The van der Waals surface area contributed by atoms with E-state index in [2.05, 4.69) is 14.7 Å². The lowest BCUT2D eigenvalue weighted by molar-refractivity contribution is 0.466. The lowest BCUT2D eigenvalue weighted by Gasteiger charge is -2.33. The molecule has 2 aromatic heterocycles. The molecule has 3 rings (SSSR count). The largest absolute Gasteiger partial charge is 0.367 e. The predicted octanol–water partition coefficient (Wildman–Crippen LogP) is 1.43. The van der Waals surface area contributed by atoms with Crippen molar-refractivity contribution in [3.63, 3.8) is 0 Å². The molecule has 3 heterocycles. The topological polar surface area (TPSA) is 67.2 Å². The fraction of sp³-hybridized carbons (Fsp3) is 0.462. The fourth-order valence-electron chi connectivity index (χ4n) is 2.57. The smallest absolute Gasteiger partial charge is 0.250 e. The van der Waals surface area contributed by atoms with Gasteiger partial charge < -0.3 is 4.90 Å². The Balaban J connectivity index is 1.69. The number of hydrogen-bond acceptors (Lipinski definition) is 5. The molecule has 2 aromatic rings. The summed E-state index contributed by atoms with van der Waals surface area (Å²) in [5.74, 6) is 0. The summed E-state index contributed by atoms with van der Waals surface area (Å²) in [5, 5.41) is 5.95. The summed E-state index contributed by atoms with van der Waals surface area (Å²) in [4.78, 5) is 2.18. The van der Waals surface area contributed by atoms with Gasteiger partial charge >= 0.3 is 0 Å². The Morgan fingerprint density at radius 1 is 1.48 bits per heavy atom. The maximum atomic E-state index is 12.3. The van der Waals surface area contributed by atoms with Crippen LogP contribution in [0.1, 0.15) is 12.8 Å². The highest BCUT2D eigenvalue weighted by Crippen LogP contribution is 2.21. The molecule has 1 saturated heterocycles. The van der Waals surface area contributed by atoms with Crippen molar-refractivity contribution in [1.82, 2.24) is 14.5 Å². The zero-order chi connectivity index (χ0) is 14.9. The van der Waals surface area contributed by atoms with E-state index in [1.807, 2.05) is 19.4 Å². The van der Waals surface area contributed by atoms with Gasteiger partial charge in [0.2, 0.25) is 10.0 Å². The monoisotopic (exact) mass is 326 g/mol. The fourth-order valence-corrected chi connectivity index (χ4v) is 4.84. The number of piperidine rings is 1. The molecule has 1 atom stereocenters. The Labute approximate surface area is 128 Å². The molecule has 0 amide bonds. The Hall–Kier alpha value is -1.38. The van der Waals surface area contributed by atoms with Crippen LogP contribution < -0.4 is 9.62 Å². The second-order valence-electron chi connectivity index (χ2n) is 5.21. The van der Waals surface area contributed by atoms with Gasteiger partial charge in [-0.15, -0.1) is 11.3 Å². The van der Waals surface area contributed by atoms with Crippen molar-refractivity contribution in [2.45, 2.75) is 23.1 Å². The van der Waals surface area contributed by atoms with Crippen LogP contribution in [-0.4, -0.2) is 37.3 Å². The third kappa shape index (κ3) is 3.28. The van der Waals surface area contributed by atoms with Crippen LogP contribution in [0.2, 0.25) is 0 Å². The number of anilines is 1. The van der Waals surface area contributed by atoms with Crippen LogP contribution in [0.15, 0.2) is 34.1 Å². The van der Waals surface area contributed by atoms with Crippen molar-refractivity contribution in [3.05, 3.63) is 29.9 Å². The number of aryl methyl sites for hydroxylation is 1. The molecule has 8 heteroatoms. The molecule has 0 bridgehead atoms. The first-order valence-corrected chi connectivity index (χ1v) is 9.20. The van der Waals surface area contributed by atoms with E-state index < -0.39 is 10.0 Å². The van der Waals surface area contributed by atoms with E-state index in [1.54, 1.807) is 22.2 Å². The number of hydrogen-bond donors (Lipinski definition) is 1. The number of rotatable bonds is 4. The average Bonchev–Trinajstić information content (AvgIpc) is 3.09. The first-order chi connectivity index (χ1) is 10.0. The summed E-state index contributed by atoms with van der Waals surface area (Å²) in [6, 6.07) is 3.32. The summed E-state index contributed by atoms with van der Waals surface area (Å²) in [6.07, 6.45) is 5.60. The van der Waals surface area contributed by atoms with Gasteiger partial charge in [0, 0.05) is 32.4 Å². The number of thiophene rings is 1. The van der Waals surface area contributed by atoms with Crippen molar-refractivity contribution in [2.75, 3.05) is 18.0 Å². The van der Waals surface area contributed by atoms with Crippen LogP contribution in [-0.2, 0) is 17.1 Å². The lowest BCUT2D eigenvalue weighted by atomic mass is 10.1. The van der Waals surface area contributed by atoms with Gasteiger partial charge in [-0.25, -0.2) is 13.1 Å². The van der Waals surface area contributed by atoms with E-state index in [0.717, 1.165) is 25.1 Å². The van der Waals surface area contributed by atoms with Crippen molar-refractivity contribution < 1.29 is 8.42 Å². The minimum atomic E-state index is -3.40. The Morgan fingerprint density at radius 2 is 2.33 bits per heavy atom. The molecule has 0 unspecified atom stereocenters. The SMILES string of the molecule is Cn1cc(N2CCC[C@H](NS(=O)(=O)c3cccs3)C2)cn1. The van der Waals surface area contributed by atoms with Gasteiger partial charge in [0.1, 0.15) is 4.21 Å². The van der Waals surface area contributed by atoms with Crippen LogP contribution in [0, 0.1) is 0 Å². The summed E-state index contributed by atoms with van der Waals surface area (Å²) in [7, 11) is -1.52. The zero-order valence-electron chi connectivity index (χ0n) is 11.8. The first-order valence-electron chi connectivity index (χ1n) is 6.84. The minimum absolute atomic E-state index is 0.0638. The van der Waals surface area contributed by atoms with Gasteiger partial charge in [-0.05, 0) is 24.3 Å².